The van der Waals surface area contributed by atoms with E-state index in [4.69, 9.17) is 4.74 Å². The van der Waals surface area contributed by atoms with Gasteiger partial charge in [-0.2, -0.15) is 0 Å². The summed E-state index contributed by atoms with van der Waals surface area (Å²) >= 11 is 0. The van der Waals surface area contributed by atoms with Gasteiger partial charge in [0.05, 0.1) is 7.11 Å². The average Bonchev–Trinajstić information content (AvgIpc) is 2.71. The van der Waals surface area contributed by atoms with Crippen LogP contribution in [0.5, 0.6) is 11.5 Å². The molecule has 2 N–H and O–H groups in total. The minimum absolute atomic E-state index is 0.0182. The number of benzene rings is 2. The maximum absolute atomic E-state index is 11.3. The van der Waals surface area contributed by atoms with E-state index in [2.05, 4.69) is 38.2 Å². The minimum Gasteiger partial charge on any atom is -0.507 e. The van der Waals surface area contributed by atoms with Crippen LogP contribution in [0.15, 0.2) is 36.4 Å². The fourth-order valence-corrected chi connectivity index (χ4v) is 6.86. The fraction of sp³-hybridized carbons (Fsp3) is 0.571. The third-order valence-corrected chi connectivity index (χ3v) is 8.15. The zero-order valence-electron chi connectivity index (χ0n) is 19.5. The quantitative estimate of drug-likeness (QED) is 0.587. The summed E-state index contributed by atoms with van der Waals surface area (Å²) < 4.78 is 5.32. The van der Waals surface area contributed by atoms with Crippen LogP contribution in [0.4, 0.5) is 0 Å². The van der Waals surface area contributed by atoms with Crippen molar-refractivity contribution in [2.75, 3.05) is 7.11 Å². The Kier molecular flexibility index (Phi) is 5.08. The van der Waals surface area contributed by atoms with E-state index in [1.807, 2.05) is 24.3 Å². The van der Waals surface area contributed by atoms with E-state index in [0.29, 0.717) is 11.3 Å². The van der Waals surface area contributed by atoms with E-state index >= 15 is 0 Å². The predicted octanol–water partition coefficient (Wildman–Crippen LogP) is 6.42. The molecule has 166 valence electrons. The van der Waals surface area contributed by atoms with Gasteiger partial charge in [-0.3, -0.25) is 0 Å². The first kappa shape index (κ1) is 20.9. The van der Waals surface area contributed by atoms with Crippen LogP contribution in [0.2, 0.25) is 0 Å². The monoisotopic (exact) mass is 419 g/mol. The lowest BCUT2D eigenvalue weighted by atomic mass is 9.53. The van der Waals surface area contributed by atoms with Gasteiger partial charge in [0.2, 0.25) is 0 Å². The molecule has 0 atom stereocenters. The number of aromatic hydroxyl groups is 1. The Hall–Kier alpha value is -2.00. The smallest absolute Gasteiger partial charge is 0.127 e. The van der Waals surface area contributed by atoms with E-state index in [9.17, 15) is 5.11 Å². The molecule has 4 aliphatic carbocycles. The minimum atomic E-state index is 0.0182. The van der Waals surface area contributed by atoms with Crippen LogP contribution >= 0.6 is 0 Å². The number of phenols is 1. The average molecular weight is 420 g/mol. The number of methoxy groups -OCH3 is 1. The molecule has 4 fully saturated rings. The lowest BCUT2D eigenvalue weighted by Crippen LogP contribution is -2.58. The summed E-state index contributed by atoms with van der Waals surface area (Å²) in [5, 5.41) is 15.3. The number of rotatable bonds is 5. The van der Waals surface area contributed by atoms with E-state index in [1.54, 1.807) is 7.11 Å². The summed E-state index contributed by atoms with van der Waals surface area (Å²) in [4.78, 5) is 0. The van der Waals surface area contributed by atoms with Crippen LogP contribution < -0.4 is 10.1 Å². The Labute approximate surface area is 187 Å². The van der Waals surface area contributed by atoms with Crippen LogP contribution in [0, 0.1) is 17.8 Å². The van der Waals surface area contributed by atoms with Crippen molar-refractivity contribution in [2.24, 2.45) is 17.8 Å². The molecule has 4 saturated carbocycles. The Morgan fingerprint density at radius 2 is 1.55 bits per heavy atom. The van der Waals surface area contributed by atoms with Crippen molar-refractivity contribution in [1.29, 1.82) is 0 Å². The van der Waals surface area contributed by atoms with Gasteiger partial charge in [0, 0.05) is 23.2 Å². The summed E-state index contributed by atoms with van der Waals surface area (Å²) in [6.07, 6.45) is 8.33. The molecule has 0 saturated heterocycles. The van der Waals surface area contributed by atoms with E-state index in [-0.39, 0.29) is 5.41 Å². The highest BCUT2D eigenvalue weighted by molar-refractivity contribution is 5.73. The van der Waals surface area contributed by atoms with Crippen molar-refractivity contribution in [3.8, 4) is 22.6 Å². The van der Waals surface area contributed by atoms with Crippen LogP contribution in [0.3, 0.4) is 0 Å². The Morgan fingerprint density at radius 3 is 2.06 bits per heavy atom. The van der Waals surface area contributed by atoms with Gasteiger partial charge in [-0.25, -0.2) is 0 Å². The van der Waals surface area contributed by atoms with Gasteiger partial charge in [-0.15, -0.1) is 0 Å². The van der Waals surface area contributed by atoms with Crippen LogP contribution in [-0.4, -0.2) is 17.8 Å². The van der Waals surface area contributed by atoms with Crippen LogP contribution in [0.25, 0.3) is 11.1 Å². The molecule has 0 aliphatic heterocycles. The summed E-state index contributed by atoms with van der Waals surface area (Å²) in [5.74, 6) is 4.00. The molecular formula is C28H37NO2. The maximum Gasteiger partial charge on any atom is 0.127 e. The van der Waals surface area contributed by atoms with E-state index < -0.39 is 0 Å². The Balaban J connectivity index is 1.46. The first-order valence-electron chi connectivity index (χ1n) is 12.0. The molecule has 2 aromatic rings. The van der Waals surface area contributed by atoms with Gasteiger partial charge in [0.15, 0.2) is 0 Å². The molecule has 0 radical (unpaired) electrons. The maximum atomic E-state index is 11.3. The fourth-order valence-electron chi connectivity index (χ4n) is 6.86. The van der Waals surface area contributed by atoms with Gasteiger partial charge in [-0.1, -0.05) is 39.0 Å². The molecule has 0 aromatic heterocycles. The second kappa shape index (κ2) is 7.55. The molecule has 31 heavy (non-hydrogen) atoms. The molecule has 0 heterocycles. The standard InChI is InChI=1S/C28H37NO2/c1-27(2,3)23-12-22(26(30)25(13-23)21-5-7-24(31-4)8-6-21)17-29-28-14-18-9-19(15-28)11-20(10-18)16-28/h5-8,12-13,18-20,29-30H,9-11,14-17H2,1-4H3. The summed E-state index contributed by atoms with van der Waals surface area (Å²) in [5.41, 5.74) is 4.54. The highest BCUT2D eigenvalue weighted by atomic mass is 16.5. The third-order valence-electron chi connectivity index (χ3n) is 8.15. The zero-order chi connectivity index (χ0) is 21.8. The molecule has 6 rings (SSSR count). The van der Waals surface area contributed by atoms with Crippen molar-refractivity contribution < 1.29 is 9.84 Å². The van der Waals surface area contributed by atoms with Gasteiger partial charge < -0.3 is 15.2 Å². The molecule has 0 spiro atoms. The first-order chi connectivity index (χ1) is 14.7. The zero-order valence-corrected chi connectivity index (χ0v) is 19.5. The summed E-state index contributed by atoms with van der Waals surface area (Å²) in [6, 6.07) is 12.4. The van der Waals surface area contributed by atoms with Crippen LogP contribution in [0.1, 0.15) is 70.4 Å². The van der Waals surface area contributed by atoms with Gasteiger partial charge in [0.25, 0.3) is 0 Å². The molecule has 3 nitrogen and oxygen atoms in total. The number of ether oxygens (including phenoxy) is 1. The van der Waals surface area contributed by atoms with Crippen molar-refractivity contribution in [3.63, 3.8) is 0 Å². The Bertz CT molecular complexity index is 919. The molecule has 4 bridgehead atoms. The second-order valence-electron chi connectivity index (χ2n) is 11.6. The molecule has 2 aromatic carbocycles. The molecule has 3 heteroatoms. The van der Waals surface area contributed by atoms with Crippen molar-refractivity contribution in [3.05, 3.63) is 47.5 Å². The number of nitrogens with one attached hydrogen (secondary N) is 1. The van der Waals surface area contributed by atoms with E-state index in [0.717, 1.165) is 46.7 Å². The van der Waals surface area contributed by atoms with Crippen molar-refractivity contribution >= 4 is 0 Å². The second-order valence-corrected chi connectivity index (χ2v) is 11.6. The largest absolute Gasteiger partial charge is 0.507 e. The number of hydrogen-bond donors (Lipinski definition) is 2. The number of phenolic OH excluding ortho intramolecular Hbond substituents is 1. The Morgan fingerprint density at radius 1 is 0.968 bits per heavy atom. The first-order valence-corrected chi connectivity index (χ1v) is 12.0. The van der Waals surface area contributed by atoms with Crippen LogP contribution in [-0.2, 0) is 12.0 Å². The molecule has 0 unspecified atom stereocenters. The number of hydrogen-bond acceptors (Lipinski definition) is 3. The normalized spacial score (nSPS) is 29.4. The van der Waals surface area contributed by atoms with Gasteiger partial charge in [-0.05, 0) is 91.0 Å². The SMILES string of the molecule is COc1ccc(-c2cc(C(C)(C)C)cc(CNC34CC5CC(CC(C5)C3)C4)c2O)cc1. The van der Waals surface area contributed by atoms with Gasteiger partial charge in [0.1, 0.15) is 11.5 Å². The highest BCUT2D eigenvalue weighted by Gasteiger charge is 2.50. The highest BCUT2D eigenvalue weighted by Crippen LogP contribution is 2.55. The summed E-state index contributed by atoms with van der Waals surface area (Å²) in [6.45, 7) is 7.47. The lowest BCUT2D eigenvalue weighted by Gasteiger charge is -2.57. The van der Waals surface area contributed by atoms with Gasteiger partial charge >= 0.3 is 0 Å². The van der Waals surface area contributed by atoms with Crippen molar-refractivity contribution in [2.45, 2.75) is 76.8 Å². The topological polar surface area (TPSA) is 41.5 Å². The molecule has 0 amide bonds. The lowest BCUT2D eigenvalue weighted by molar-refractivity contribution is -0.0206. The third kappa shape index (κ3) is 3.98. The molecule has 4 aliphatic rings. The summed E-state index contributed by atoms with van der Waals surface area (Å²) in [7, 11) is 1.68. The van der Waals surface area contributed by atoms with E-state index in [1.165, 1.54) is 44.1 Å². The predicted molar refractivity (Wildman–Crippen MR) is 127 cm³/mol. The molecular weight excluding hydrogens is 382 g/mol. The van der Waals surface area contributed by atoms with Crippen molar-refractivity contribution in [1.82, 2.24) is 5.32 Å².